The lowest BCUT2D eigenvalue weighted by Crippen LogP contribution is -2.70. The lowest BCUT2D eigenvalue weighted by atomic mass is 9.74. The smallest absolute Gasteiger partial charge is 0.184 e. The number of pyridine rings is 1. The van der Waals surface area contributed by atoms with Crippen LogP contribution in [0.15, 0.2) is 60.9 Å². The average Bonchev–Trinajstić information content (AvgIpc) is 3.50. The van der Waals surface area contributed by atoms with Crippen molar-refractivity contribution in [2.45, 2.75) is 42.5 Å². The molecule has 216 valence electrons. The molecule has 0 saturated carbocycles. The monoisotopic (exact) mass is 611 g/mol. The molecular formula is C29H24ClF2N5O4S. The number of halogens is 3. The molecule has 9 nitrogen and oxygen atoms in total. The van der Waals surface area contributed by atoms with Crippen LogP contribution in [0.3, 0.4) is 0 Å². The van der Waals surface area contributed by atoms with E-state index in [4.69, 9.17) is 43.2 Å². The van der Waals surface area contributed by atoms with Crippen molar-refractivity contribution < 1.29 is 27.7 Å². The molecule has 0 radical (unpaired) electrons. The molecule has 2 aliphatic rings. The summed E-state index contributed by atoms with van der Waals surface area (Å²) in [6, 6.07) is 15.4. The van der Waals surface area contributed by atoms with Gasteiger partial charge < -0.3 is 18.9 Å². The van der Waals surface area contributed by atoms with Gasteiger partial charge in [-0.2, -0.15) is 5.26 Å². The molecule has 2 unspecified atom stereocenters. The van der Waals surface area contributed by atoms with Gasteiger partial charge in [0.15, 0.2) is 11.8 Å². The van der Waals surface area contributed by atoms with Crippen molar-refractivity contribution in [1.29, 1.82) is 5.26 Å². The Bertz CT molecular complexity index is 1650. The number of thiol groups is 1. The van der Waals surface area contributed by atoms with Gasteiger partial charge in [0.1, 0.15) is 52.8 Å². The Morgan fingerprint density at radius 2 is 1.90 bits per heavy atom. The topological polar surface area (TPSA) is 104 Å². The molecule has 0 N–H and O–H groups in total. The highest BCUT2D eigenvalue weighted by Gasteiger charge is 2.63. The molecule has 4 heterocycles. The van der Waals surface area contributed by atoms with Crippen molar-refractivity contribution in [2.24, 2.45) is 0 Å². The Morgan fingerprint density at radius 3 is 2.60 bits per heavy atom. The van der Waals surface area contributed by atoms with Gasteiger partial charge in [0, 0.05) is 35.6 Å². The van der Waals surface area contributed by atoms with Crippen LogP contribution in [0.4, 0.5) is 8.78 Å². The van der Waals surface area contributed by atoms with Gasteiger partial charge in [-0.1, -0.05) is 47.1 Å². The third-order valence-electron chi connectivity index (χ3n) is 7.63. The van der Waals surface area contributed by atoms with E-state index in [-0.39, 0.29) is 34.1 Å². The normalized spacial score (nSPS) is 27.3. The van der Waals surface area contributed by atoms with Crippen molar-refractivity contribution >= 4 is 24.2 Å². The first-order valence-corrected chi connectivity index (χ1v) is 13.8. The number of hydrogen-bond donors (Lipinski definition) is 1. The minimum absolute atomic E-state index is 0.0264. The third kappa shape index (κ3) is 4.66. The van der Waals surface area contributed by atoms with Crippen LogP contribution in [0.25, 0.3) is 11.3 Å². The maximum Gasteiger partial charge on any atom is 0.184 e. The van der Waals surface area contributed by atoms with Crippen LogP contribution in [0, 0.1) is 29.9 Å². The summed E-state index contributed by atoms with van der Waals surface area (Å²) >= 11 is 11.2. The van der Waals surface area contributed by atoms with E-state index in [1.54, 1.807) is 6.07 Å². The fourth-order valence-electron chi connectivity index (χ4n) is 5.63. The molecule has 4 aromatic rings. The lowest BCUT2D eigenvalue weighted by molar-refractivity contribution is -0.323. The van der Waals surface area contributed by atoms with Gasteiger partial charge in [0.2, 0.25) is 0 Å². The number of nitrogens with zero attached hydrogens (tertiary/aromatic N) is 5. The molecule has 2 aromatic carbocycles. The van der Waals surface area contributed by atoms with Crippen LogP contribution in [-0.4, -0.2) is 57.4 Å². The molecule has 13 heteroatoms. The van der Waals surface area contributed by atoms with E-state index in [0.717, 1.165) is 5.56 Å². The Balaban J connectivity index is 1.60. The number of methoxy groups -OCH3 is 1. The summed E-state index contributed by atoms with van der Waals surface area (Å²) in [5.74, 6) is -1.45. The molecule has 2 saturated heterocycles. The molecule has 42 heavy (non-hydrogen) atoms. The molecule has 2 aromatic heterocycles. The highest BCUT2D eigenvalue weighted by Crippen LogP contribution is 2.49. The number of benzene rings is 2. The molecule has 2 aliphatic heterocycles. The Kier molecular flexibility index (Phi) is 7.74. The maximum atomic E-state index is 14.5. The van der Waals surface area contributed by atoms with Gasteiger partial charge >= 0.3 is 0 Å². The Hall–Kier alpha value is -3.44. The standard InChI is InChI=1S/C29H24ClF2N5O4S/c1-15-20(31)8-17(9-21(15)32)23-13-37(36-35-23)29(19-10-18(30)12-34-22(19)11-33)25-24(40-28(42)26(29)38-2)14-39-27(41-25)16-6-4-3-5-7-16/h3-10,12-13,24-28,42H,14H2,1-2H3/t24-,25+,26+,27?,28-,29?/m1/s1. The fourth-order valence-corrected chi connectivity index (χ4v) is 6.30. The van der Waals surface area contributed by atoms with E-state index in [9.17, 15) is 14.0 Å². The number of nitriles is 1. The molecule has 0 spiro atoms. The summed E-state index contributed by atoms with van der Waals surface area (Å²) in [4.78, 5) is 4.29. The summed E-state index contributed by atoms with van der Waals surface area (Å²) in [5.41, 5.74) is -1.08. The highest BCUT2D eigenvalue weighted by atomic mass is 35.5. The van der Waals surface area contributed by atoms with E-state index in [2.05, 4.69) is 21.4 Å². The largest absolute Gasteiger partial charge is 0.375 e. The van der Waals surface area contributed by atoms with Gasteiger partial charge in [-0.05, 0) is 25.1 Å². The van der Waals surface area contributed by atoms with Crippen LogP contribution < -0.4 is 0 Å². The van der Waals surface area contributed by atoms with Gasteiger partial charge in [0.25, 0.3) is 0 Å². The van der Waals surface area contributed by atoms with Crippen LogP contribution in [0.1, 0.15) is 28.7 Å². The summed E-state index contributed by atoms with van der Waals surface area (Å²) in [7, 11) is 1.47. The van der Waals surface area contributed by atoms with Gasteiger partial charge in [-0.25, -0.2) is 18.4 Å². The summed E-state index contributed by atoms with van der Waals surface area (Å²) in [6.45, 7) is 1.45. The molecule has 6 rings (SSSR count). The van der Waals surface area contributed by atoms with E-state index >= 15 is 0 Å². The van der Waals surface area contributed by atoms with E-state index < -0.39 is 47.2 Å². The summed E-state index contributed by atoms with van der Waals surface area (Å²) < 4.78 is 55.4. The number of hydrogen-bond acceptors (Lipinski definition) is 9. The second-order valence-corrected chi connectivity index (χ2v) is 10.9. The van der Waals surface area contributed by atoms with Gasteiger partial charge in [-0.15, -0.1) is 17.7 Å². The molecule has 0 amide bonds. The first-order chi connectivity index (χ1) is 20.3. The van der Waals surface area contributed by atoms with E-state index in [1.807, 2.05) is 30.3 Å². The zero-order valence-corrected chi connectivity index (χ0v) is 24.0. The Labute approximate surface area is 250 Å². The molecule has 2 fully saturated rings. The Morgan fingerprint density at radius 1 is 1.17 bits per heavy atom. The summed E-state index contributed by atoms with van der Waals surface area (Å²) in [5, 5.41) is 19.1. The van der Waals surface area contributed by atoms with Crippen molar-refractivity contribution in [1.82, 2.24) is 20.0 Å². The number of ether oxygens (including phenoxy) is 4. The molecular weight excluding hydrogens is 588 g/mol. The minimum Gasteiger partial charge on any atom is -0.375 e. The minimum atomic E-state index is -1.52. The molecule has 0 aliphatic carbocycles. The van der Waals surface area contributed by atoms with Crippen LogP contribution in [0.5, 0.6) is 0 Å². The van der Waals surface area contributed by atoms with Crippen molar-refractivity contribution in [3.8, 4) is 17.3 Å². The first kappa shape index (κ1) is 28.7. The quantitative estimate of drug-likeness (QED) is 0.315. The predicted molar refractivity (Wildman–Crippen MR) is 150 cm³/mol. The second kappa shape index (κ2) is 11.3. The van der Waals surface area contributed by atoms with E-state index in [1.165, 1.54) is 43.2 Å². The highest BCUT2D eigenvalue weighted by molar-refractivity contribution is 7.80. The fraction of sp³-hybridized carbons (Fsp3) is 0.310. The van der Waals surface area contributed by atoms with Crippen molar-refractivity contribution in [3.63, 3.8) is 0 Å². The number of rotatable bonds is 5. The number of aromatic nitrogens is 4. The van der Waals surface area contributed by atoms with Crippen LogP contribution in [0.2, 0.25) is 5.02 Å². The third-order valence-corrected chi connectivity index (χ3v) is 8.23. The molecule has 6 atom stereocenters. The second-order valence-electron chi connectivity index (χ2n) is 9.95. The van der Waals surface area contributed by atoms with Crippen molar-refractivity contribution in [3.05, 3.63) is 100.0 Å². The first-order valence-electron chi connectivity index (χ1n) is 12.9. The van der Waals surface area contributed by atoms with E-state index in [0.29, 0.717) is 5.56 Å². The van der Waals surface area contributed by atoms with Gasteiger partial charge in [-0.3, -0.25) is 0 Å². The SMILES string of the molecule is CO[C@H]1[C@@H](S)O[C@@H]2COC(c3ccccc3)O[C@@H]2C1(c1cc(Cl)cnc1C#N)n1cc(-c2cc(F)c(C)c(F)c2)nn1. The van der Waals surface area contributed by atoms with Crippen molar-refractivity contribution in [2.75, 3.05) is 13.7 Å². The number of fused-ring (bicyclic) bond motifs is 1. The predicted octanol–water partition coefficient (Wildman–Crippen LogP) is 4.98. The lowest BCUT2D eigenvalue weighted by Gasteiger charge is -2.55. The van der Waals surface area contributed by atoms with Gasteiger partial charge in [0.05, 0.1) is 17.8 Å². The maximum absolute atomic E-state index is 14.5. The molecule has 0 bridgehead atoms. The van der Waals surface area contributed by atoms with Crippen LogP contribution in [-0.2, 0) is 24.5 Å². The summed E-state index contributed by atoms with van der Waals surface area (Å²) in [6.07, 6.45) is -0.535. The zero-order valence-electron chi connectivity index (χ0n) is 22.3. The zero-order chi connectivity index (χ0) is 29.6. The van der Waals surface area contributed by atoms with Crippen LogP contribution >= 0.6 is 24.2 Å². The average molecular weight is 612 g/mol.